The second-order valence-corrected chi connectivity index (χ2v) is 7.70. The van der Waals surface area contributed by atoms with Gasteiger partial charge in [0.25, 0.3) is 0 Å². The van der Waals surface area contributed by atoms with Gasteiger partial charge in [0.05, 0.1) is 4.90 Å². The third-order valence-corrected chi connectivity index (χ3v) is 5.08. The summed E-state index contributed by atoms with van der Waals surface area (Å²) in [4.78, 5) is 12.0. The lowest BCUT2D eigenvalue weighted by atomic mass is 10.2. The van der Waals surface area contributed by atoms with Gasteiger partial charge in [-0.1, -0.05) is 28.1 Å². The molecule has 0 radical (unpaired) electrons. The number of sulfonamides is 1. The van der Waals surface area contributed by atoms with Crippen LogP contribution in [0.4, 0.5) is 5.69 Å². The molecule has 0 bridgehead atoms. The van der Waals surface area contributed by atoms with Crippen LogP contribution >= 0.6 is 15.9 Å². The average Bonchev–Trinajstić information content (AvgIpc) is 2.47. The summed E-state index contributed by atoms with van der Waals surface area (Å²) in [6, 6.07) is 13.7. The van der Waals surface area contributed by atoms with Crippen molar-refractivity contribution in [3.63, 3.8) is 0 Å². The molecule has 2 rings (SSSR count). The van der Waals surface area contributed by atoms with Crippen LogP contribution in [0.3, 0.4) is 0 Å². The van der Waals surface area contributed by atoms with Crippen LogP contribution in [0.5, 0.6) is 0 Å². The van der Waals surface area contributed by atoms with Crippen LogP contribution in [-0.4, -0.2) is 20.9 Å². The van der Waals surface area contributed by atoms with E-state index in [0.717, 1.165) is 10.0 Å². The van der Waals surface area contributed by atoms with Crippen molar-refractivity contribution in [3.8, 4) is 0 Å². The summed E-state index contributed by atoms with van der Waals surface area (Å²) in [5.41, 5.74) is 1.74. The van der Waals surface area contributed by atoms with Gasteiger partial charge in [-0.2, -0.15) is 0 Å². The van der Waals surface area contributed by atoms with Gasteiger partial charge in [-0.3, -0.25) is 4.79 Å². The molecule has 2 N–H and O–H groups in total. The Bertz CT molecular complexity index is 789. The van der Waals surface area contributed by atoms with E-state index in [1.54, 1.807) is 18.2 Å². The van der Waals surface area contributed by atoms with E-state index in [9.17, 15) is 13.2 Å². The lowest BCUT2D eigenvalue weighted by Crippen LogP contribution is -2.27. The maximum atomic E-state index is 12.1. The minimum Gasteiger partial charge on any atom is -0.326 e. The Kier molecular flexibility index (Phi) is 5.92. The van der Waals surface area contributed by atoms with Crippen molar-refractivity contribution < 1.29 is 13.2 Å². The largest absolute Gasteiger partial charge is 0.326 e. The molecule has 0 fully saturated rings. The second kappa shape index (κ2) is 7.72. The number of hydrogen-bond donors (Lipinski definition) is 2. The van der Waals surface area contributed by atoms with Crippen molar-refractivity contribution in [2.45, 2.75) is 18.2 Å². The third kappa shape index (κ3) is 5.46. The number of halogens is 1. The van der Waals surface area contributed by atoms with Crippen molar-refractivity contribution in [1.29, 1.82) is 0 Å². The molecule has 7 heteroatoms. The first-order chi connectivity index (χ1) is 10.9. The number of carbonyl (C=O) groups excluding carboxylic acids is 1. The predicted octanol–water partition coefficient (Wildman–Crippen LogP) is 3.06. The Balaban J connectivity index is 1.86. The first-order valence-corrected chi connectivity index (χ1v) is 9.26. The van der Waals surface area contributed by atoms with E-state index in [2.05, 4.69) is 26.0 Å². The number of amides is 1. The molecule has 0 aliphatic rings. The van der Waals surface area contributed by atoms with Crippen LogP contribution in [0, 0.1) is 6.92 Å². The molecule has 0 spiro atoms. The number of nitrogens with one attached hydrogen (secondary N) is 2. The smallest absolute Gasteiger partial charge is 0.240 e. The molecule has 0 saturated carbocycles. The fourth-order valence-corrected chi connectivity index (χ4v) is 3.24. The van der Waals surface area contributed by atoms with Gasteiger partial charge in [0.1, 0.15) is 0 Å². The highest BCUT2D eigenvalue weighted by molar-refractivity contribution is 9.10. The molecular weight excluding hydrogens is 380 g/mol. The van der Waals surface area contributed by atoms with E-state index in [-0.39, 0.29) is 23.8 Å². The standard InChI is InChI=1S/C16H17BrN2O3S/c1-12-3-2-4-14(11-12)19-16(20)9-10-18-23(21,22)15-7-5-13(17)6-8-15/h2-8,11,18H,9-10H2,1H3,(H,19,20). The van der Waals surface area contributed by atoms with Crippen molar-refractivity contribution in [2.75, 3.05) is 11.9 Å². The average molecular weight is 397 g/mol. The highest BCUT2D eigenvalue weighted by Gasteiger charge is 2.13. The number of aryl methyl sites for hydroxylation is 1. The Morgan fingerprint density at radius 2 is 1.83 bits per heavy atom. The predicted molar refractivity (Wildman–Crippen MR) is 93.8 cm³/mol. The van der Waals surface area contributed by atoms with Crippen LogP contribution in [0.15, 0.2) is 57.9 Å². The molecule has 23 heavy (non-hydrogen) atoms. The first-order valence-electron chi connectivity index (χ1n) is 6.98. The van der Waals surface area contributed by atoms with Gasteiger partial charge in [-0.05, 0) is 48.9 Å². The third-order valence-electron chi connectivity index (χ3n) is 3.07. The summed E-state index contributed by atoms with van der Waals surface area (Å²) in [6.45, 7) is 1.97. The molecule has 5 nitrogen and oxygen atoms in total. The van der Waals surface area contributed by atoms with Gasteiger partial charge >= 0.3 is 0 Å². The summed E-state index contributed by atoms with van der Waals surface area (Å²) in [6.07, 6.45) is 0.0592. The Labute approximate surface area is 144 Å². The van der Waals surface area contributed by atoms with E-state index >= 15 is 0 Å². The fourth-order valence-electron chi connectivity index (χ4n) is 1.94. The maximum Gasteiger partial charge on any atom is 0.240 e. The maximum absolute atomic E-state index is 12.1. The van der Waals surface area contributed by atoms with Gasteiger partial charge in [0.15, 0.2) is 0 Å². The quantitative estimate of drug-likeness (QED) is 0.787. The van der Waals surface area contributed by atoms with Gasteiger partial charge in [-0.15, -0.1) is 0 Å². The van der Waals surface area contributed by atoms with Crippen molar-refractivity contribution in [1.82, 2.24) is 4.72 Å². The monoisotopic (exact) mass is 396 g/mol. The molecule has 0 saturated heterocycles. The SMILES string of the molecule is Cc1cccc(NC(=O)CCNS(=O)(=O)c2ccc(Br)cc2)c1. The molecule has 122 valence electrons. The topological polar surface area (TPSA) is 75.3 Å². The Morgan fingerprint density at radius 1 is 1.13 bits per heavy atom. The summed E-state index contributed by atoms with van der Waals surface area (Å²) in [5.74, 6) is -0.242. The number of anilines is 1. The van der Waals surface area contributed by atoms with Crippen molar-refractivity contribution in [3.05, 3.63) is 58.6 Å². The van der Waals surface area contributed by atoms with E-state index in [4.69, 9.17) is 0 Å². The van der Waals surface area contributed by atoms with Gasteiger partial charge in [0.2, 0.25) is 15.9 Å². The molecule has 0 aliphatic heterocycles. The highest BCUT2D eigenvalue weighted by atomic mass is 79.9. The minimum absolute atomic E-state index is 0.0377. The number of hydrogen-bond acceptors (Lipinski definition) is 3. The van der Waals surface area contributed by atoms with Crippen LogP contribution in [-0.2, 0) is 14.8 Å². The minimum atomic E-state index is -3.60. The lowest BCUT2D eigenvalue weighted by Gasteiger charge is -2.08. The number of benzene rings is 2. The summed E-state index contributed by atoms with van der Waals surface area (Å²) < 4.78 is 27.4. The first kappa shape index (κ1) is 17.7. The van der Waals surface area contributed by atoms with E-state index in [0.29, 0.717) is 5.69 Å². The Hall–Kier alpha value is -1.70. The van der Waals surface area contributed by atoms with Crippen LogP contribution < -0.4 is 10.0 Å². The summed E-state index contributed by atoms with van der Waals surface area (Å²) in [5, 5.41) is 2.74. The zero-order chi connectivity index (χ0) is 16.9. The highest BCUT2D eigenvalue weighted by Crippen LogP contribution is 2.14. The van der Waals surface area contributed by atoms with Crippen LogP contribution in [0.1, 0.15) is 12.0 Å². The molecule has 0 aliphatic carbocycles. The molecule has 0 unspecified atom stereocenters. The molecule has 0 heterocycles. The van der Waals surface area contributed by atoms with Crippen LogP contribution in [0.2, 0.25) is 0 Å². The molecule has 0 atom stereocenters. The number of rotatable bonds is 6. The summed E-state index contributed by atoms with van der Waals surface area (Å²) >= 11 is 3.25. The van der Waals surface area contributed by atoms with E-state index in [1.807, 2.05) is 25.1 Å². The Morgan fingerprint density at radius 3 is 2.48 bits per heavy atom. The normalized spacial score (nSPS) is 11.2. The number of carbonyl (C=O) groups is 1. The van der Waals surface area contributed by atoms with Gasteiger partial charge < -0.3 is 5.32 Å². The molecule has 2 aromatic carbocycles. The fraction of sp³-hybridized carbons (Fsp3) is 0.188. The lowest BCUT2D eigenvalue weighted by molar-refractivity contribution is -0.116. The van der Waals surface area contributed by atoms with E-state index < -0.39 is 10.0 Å². The van der Waals surface area contributed by atoms with E-state index in [1.165, 1.54) is 12.1 Å². The second-order valence-electron chi connectivity index (χ2n) is 5.02. The van der Waals surface area contributed by atoms with Crippen molar-refractivity contribution in [2.24, 2.45) is 0 Å². The zero-order valence-corrected chi connectivity index (χ0v) is 14.9. The van der Waals surface area contributed by atoms with Crippen LogP contribution in [0.25, 0.3) is 0 Å². The molecule has 0 aromatic heterocycles. The van der Waals surface area contributed by atoms with Gasteiger partial charge in [0, 0.05) is 23.1 Å². The molecular formula is C16H17BrN2O3S. The van der Waals surface area contributed by atoms with Gasteiger partial charge in [-0.25, -0.2) is 13.1 Å². The van der Waals surface area contributed by atoms with Crippen molar-refractivity contribution >= 4 is 37.5 Å². The molecule has 2 aromatic rings. The molecule has 1 amide bonds. The summed E-state index contributed by atoms with van der Waals surface area (Å²) in [7, 11) is -3.60. The zero-order valence-electron chi connectivity index (χ0n) is 12.5.